The molecule has 5 heteroatoms. The summed E-state index contributed by atoms with van der Waals surface area (Å²) in [4.78, 5) is 0. The minimum Gasteiger partial charge on any atom is -0.551 e. The first-order valence-electron chi connectivity index (χ1n) is 18.0. The van der Waals surface area contributed by atoms with Crippen molar-refractivity contribution in [2.75, 3.05) is 0 Å². The summed E-state index contributed by atoms with van der Waals surface area (Å²) in [5, 5.41) is 4.75. The van der Waals surface area contributed by atoms with Gasteiger partial charge in [-0.05, 0) is 94.5 Å². The van der Waals surface area contributed by atoms with Crippen LogP contribution in [0.1, 0.15) is 0 Å². The molecular formula is C48H28BNO3. The van der Waals surface area contributed by atoms with Crippen LogP contribution in [0, 0.1) is 0 Å². The highest BCUT2D eigenvalue weighted by molar-refractivity contribution is 6.84. The maximum Gasteiger partial charge on any atom is 0.434 e. The molecule has 0 amide bonds. The summed E-state index contributed by atoms with van der Waals surface area (Å²) in [5.74, 6) is 2.49. The molecule has 0 saturated carbocycles. The van der Waals surface area contributed by atoms with Crippen molar-refractivity contribution >= 4 is 61.6 Å². The highest BCUT2D eigenvalue weighted by Gasteiger charge is 2.41. The predicted molar refractivity (Wildman–Crippen MR) is 217 cm³/mol. The van der Waals surface area contributed by atoms with Gasteiger partial charge in [0, 0.05) is 43.7 Å². The lowest BCUT2D eigenvalue weighted by Gasteiger charge is -2.33. The van der Waals surface area contributed by atoms with Crippen LogP contribution in [0.2, 0.25) is 0 Å². The predicted octanol–water partition coefficient (Wildman–Crippen LogP) is 11.3. The summed E-state index contributed by atoms with van der Waals surface area (Å²) in [6.07, 6.45) is 0. The van der Waals surface area contributed by atoms with Gasteiger partial charge < -0.3 is 18.4 Å². The molecule has 2 aromatic heterocycles. The van der Waals surface area contributed by atoms with E-state index in [-0.39, 0.29) is 6.92 Å². The Morgan fingerprint density at radius 2 is 1.06 bits per heavy atom. The van der Waals surface area contributed by atoms with E-state index in [0.29, 0.717) is 0 Å². The molecule has 0 spiro atoms. The molecule has 0 saturated heterocycles. The lowest BCUT2D eigenvalue weighted by atomic mass is 9.50. The standard InChI is InChI=1S/C48H28BNO3/c1-5-13-41-34(9-1)35-10-2-6-14-42(35)50(41)33-21-17-29(18-22-33)30-20-24-40-46(27-30)52-47-28-32(25-39-37-12-4-8-16-44(37)53-49(40)48(39)47)31-19-23-38-36-11-3-7-15-43(36)51-45(38)26-31/h1-28H. The molecule has 2 aliphatic rings. The monoisotopic (exact) mass is 677 g/mol. The molecule has 4 heterocycles. The SMILES string of the molecule is c1ccc2c(c1)OB1c3ccc(-c4ccc(-n5c6ccccc6c6ccccc65)cc4)cc3Oc3cc(-c4ccc5c(c4)oc4ccccc45)cc-2c31. The molecule has 0 bridgehead atoms. The molecule has 12 rings (SSSR count). The maximum atomic E-state index is 6.87. The lowest BCUT2D eigenvalue weighted by Crippen LogP contribution is -2.53. The van der Waals surface area contributed by atoms with E-state index >= 15 is 0 Å². The summed E-state index contributed by atoms with van der Waals surface area (Å²) in [7, 11) is 0. The van der Waals surface area contributed by atoms with Gasteiger partial charge in [0.15, 0.2) is 0 Å². The van der Waals surface area contributed by atoms with Gasteiger partial charge in [-0.2, -0.15) is 0 Å². The molecule has 4 nitrogen and oxygen atoms in total. The molecule has 0 aliphatic carbocycles. The second-order valence-corrected chi connectivity index (χ2v) is 14.0. The first kappa shape index (κ1) is 28.7. The zero-order valence-electron chi connectivity index (χ0n) is 28.4. The Kier molecular flexibility index (Phi) is 5.83. The van der Waals surface area contributed by atoms with Crippen LogP contribution in [0.5, 0.6) is 17.2 Å². The maximum absolute atomic E-state index is 6.87. The number of fused-ring (bicyclic) bond motifs is 10. The number of ether oxygens (including phenoxy) is 1. The number of benzene rings is 8. The van der Waals surface area contributed by atoms with Gasteiger partial charge >= 0.3 is 6.92 Å². The molecule has 0 fully saturated rings. The van der Waals surface area contributed by atoms with Crippen molar-refractivity contribution in [3.63, 3.8) is 0 Å². The Morgan fingerprint density at radius 3 is 1.89 bits per heavy atom. The summed E-state index contributed by atoms with van der Waals surface area (Å²) in [6, 6.07) is 60.0. The quantitative estimate of drug-likeness (QED) is 0.175. The molecule has 8 aromatic carbocycles. The van der Waals surface area contributed by atoms with Gasteiger partial charge in [0.2, 0.25) is 0 Å². The van der Waals surface area contributed by atoms with Gasteiger partial charge in [-0.3, -0.25) is 0 Å². The van der Waals surface area contributed by atoms with Crippen LogP contribution >= 0.6 is 0 Å². The van der Waals surface area contributed by atoms with Crippen molar-refractivity contribution in [3.05, 3.63) is 170 Å². The van der Waals surface area contributed by atoms with Crippen molar-refractivity contribution in [3.8, 4) is 56.3 Å². The first-order valence-corrected chi connectivity index (χ1v) is 18.0. The summed E-state index contributed by atoms with van der Waals surface area (Å²) < 4.78 is 22.3. The van der Waals surface area contributed by atoms with Gasteiger partial charge in [-0.25, -0.2) is 0 Å². The number of furan rings is 1. The molecule has 0 unspecified atom stereocenters. The van der Waals surface area contributed by atoms with Crippen molar-refractivity contribution in [1.29, 1.82) is 0 Å². The second-order valence-electron chi connectivity index (χ2n) is 14.0. The number of para-hydroxylation sites is 4. The highest BCUT2D eigenvalue weighted by atomic mass is 16.5. The lowest BCUT2D eigenvalue weighted by molar-refractivity contribution is 0.480. The normalized spacial score (nSPS) is 12.8. The average Bonchev–Trinajstić information content (AvgIpc) is 3.76. The molecular weight excluding hydrogens is 649 g/mol. The van der Waals surface area contributed by atoms with E-state index in [1.807, 2.05) is 18.2 Å². The van der Waals surface area contributed by atoms with Crippen LogP contribution in [-0.2, 0) is 0 Å². The minimum absolute atomic E-state index is 0.280. The fourth-order valence-electron chi connectivity index (χ4n) is 8.61. The molecule has 0 atom stereocenters. The first-order chi connectivity index (χ1) is 26.2. The Hall–Kier alpha value is -6.98. The molecule has 0 radical (unpaired) electrons. The third-order valence-corrected chi connectivity index (χ3v) is 11.1. The number of rotatable bonds is 3. The number of hydrogen-bond donors (Lipinski definition) is 0. The topological polar surface area (TPSA) is 36.5 Å². The number of hydrogen-bond acceptors (Lipinski definition) is 3. The molecule has 2 aliphatic heterocycles. The largest absolute Gasteiger partial charge is 0.551 e. The van der Waals surface area contributed by atoms with E-state index in [2.05, 4.69) is 156 Å². The Balaban J connectivity index is 0.958. The second kappa shape index (κ2) is 10.8. The third-order valence-electron chi connectivity index (χ3n) is 11.1. The van der Waals surface area contributed by atoms with Gasteiger partial charge in [-0.15, -0.1) is 0 Å². The Bertz CT molecular complexity index is 3080. The van der Waals surface area contributed by atoms with E-state index in [1.54, 1.807) is 0 Å². The summed E-state index contributed by atoms with van der Waals surface area (Å²) in [6.45, 7) is -0.280. The van der Waals surface area contributed by atoms with Crippen molar-refractivity contribution < 1.29 is 13.8 Å². The number of nitrogens with zero attached hydrogens (tertiary/aromatic N) is 1. The minimum atomic E-state index is -0.280. The van der Waals surface area contributed by atoms with Gasteiger partial charge in [0.05, 0.1) is 11.0 Å². The molecule has 10 aromatic rings. The fourth-order valence-corrected chi connectivity index (χ4v) is 8.61. The van der Waals surface area contributed by atoms with Crippen LogP contribution in [0.15, 0.2) is 174 Å². The van der Waals surface area contributed by atoms with Crippen molar-refractivity contribution in [1.82, 2.24) is 4.57 Å². The van der Waals surface area contributed by atoms with Gasteiger partial charge in [0.1, 0.15) is 28.4 Å². The molecule has 0 N–H and O–H groups in total. The van der Waals surface area contributed by atoms with Gasteiger partial charge in [0.25, 0.3) is 0 Å². The zero-order chi connectivity index (χ0) is 34.6. The van der Waals surface area contributed by atoms with Crippen LogP contribution in [-0.4, -0.2) is 11.5 Å². The summed E-state index contributed by atoms with van der Waals surface area (Å²) >= 11 is 0. The van der Waals surface area contributed by atoms with Crippen molar-refractivity contribution in [2.24, 2.45) is 0 Å². The van der Waals surface area contributed by atoms with E-state index in [9.17, 15) is 0 Å². The van der Waals surface area contributed by atoms with Crippen LogP contribution in [0.4, 0.5) is 0 Å². The van der Waals surface area contributed by atoms with E-state index in [4.69, 9.17) is 13.8 Å². The third kappa shape index (κ3) is 4.19. The van der Waals surface area contributed by atoms with E-state index < -0.39 is 0 Å². The average molecular weight is 678 g/mol. The number of aromatic nitrogens is 1. The van der Waals surface area contributed by atoms with E-state index in [0.717, 1.165) is 89.2 Å². The van der Waals surface area contributed by atoms with Crippen LogP contribution in [0.25, 0.3) is 82.8 Å². The zero-order valence-corrected chi connectivity index (χ0v) is 28.4. The fraction of sp³-hybridized carbons (Fsp3) is 0. The van der Waals surface area contributed by atoms with Gasteiger partial charge in [-0.1, -0.05) is 103 Å². The van der Waals surface area contributed by atoms with E-state index in [1.165, 1.54) is 21.8 Å². The van der Waals surface area contributed by atoms with Crippen LogP contribution < -0.4 is 20.3 Å². The smallest absolute Gasteiger partial charge is 0.434 e. The summed E-state index contributed by atoms with van der Waals surface area (Å²) in [5.41, 5.74) is 13.9. The highest BCUT2D eigenvalue weighted by Crippen LogP contribution is 2.43. The Labute approximate surface area is 305 Å². The van der Waals surface area contributed by atoms with Crippen LogP contribution in [0.3, 0.4) is 0 Å². The van der Waals surface area contributed by atoms with Crippen molar-refractivity contribution in [2.45, 2.75) is 0 Å². The Morgan fingerprint density at radius 1 is 0.415 bits per heavy atom. The molecule has 53 heavy (non-hydrogen) atoms. The molecule has 246 valence electrons.